The number of hydrogen-bond donors (Lipinski definition) is 0. The molecule has 0 aliphatic carbocycles. The molecule has 0 spiro atoms. The van der Waals surface area contributed by atoms with Crippen molar-refractivity contribution in [3.63, 3.8) is 0 Å². The smallest absolute Gasteiger partial charge is 0.369 e. The van der Waals surface area contributed by atoms with Gasteiger partial charge in [-0.05, 0) is 28.9 Å². The molecule has 0 radical (unpaired) electrons. The number of nitrogens with zero attached hydrogens (tertiary/aromatic N) is 6. The highest BCUT2D eigenvalue weighted by molar-refractivity contribution is 7.11. The Bertz CT molecular complexity index is 835. The summed E-state index contributed by atoms with van der Waals surface area (Å²) in [5, 5.41) is 10.1. The van der Waals surface area contributed by atoms with E-state index in [-0.39, 0.29) is 18.5 Å². The fourth-order valence-corrected chi connectivity index (χ4v) is 2.81. The van der Waals surface area contributed by atoms with E-state index >= 15 is 0 Å². The van der Waals surface area contributed by atoms with Gasteiger partial charge in [-0.3, -0.25) is 0 Å². The number of tetrazole rings is 1. The van der Waals surface area contributed by atoms with Crippen LogP contribution in [-0.4, -0.2) is 29.1 Å². The second kappa shape index (κ2) is 5.13. The Balaban J connectivity index is 1.90. The highest BCUT2D eigenvalue weighted by Crippen LogP contribution is 2.23. The van der Waals surface area contributed by atoms with Crippen LogP contribution in [0.5, 0.6) is 5.19 Å². The number of hydrogen-bond acceptors (Lipinski definition) is 8. The summed E-state index contributed by atoms with van der Waals surface area (Å²) in [7, 11) is 1.53. The van der Waals surface area contributed by atoms with Crippen LogP contribution in [0.2, 0.25) is 0 Å². The van der Waals surface area contributed by atoms with Crippen LogP contribution < -0.4 is 10.4 Å². The van der Waals surface area contributed by atoms with Crippen molar-refractivity contribution in [2.75, 3.05) is 0 Å². The van der Waals surface area contributed by atoms with Crippen molar-refractivity contribution in [2.45, 2.75) is 13.5 Å². The predicted molar refractivity (Wildman–Crippen MR) is 73.5 cm³/mol. The SMILES string of the molecule is [3H]c1csc(OCc2c(C)nsc2-n2nnn(C)c2=O)n1. The maximum Gasteiger partial charge on any atom is 0.369 e. The molecule has 3 heterocycles. The molecule has 20 heavy (non-hydrogen) atoms. The van der Waals surface area contributed by atoms with E-state index in [2.05, 4.69) is 19.8 Å². The first-order valence-corrected chi connectivity index (χ1v) is 7.21. The summed E-state index contributed by atoms with van der Waals surface area (Å²) in [4.78, 5) is 15.8. The summed E-state index contributed by atoms with van der Waals surface area (Å²) in [5.41, 5.74) is 1.17. The molecule has 0 N–H and O–H groups in total. The van der Waals surface area contributed by atoms with Gasteiger partial charge >= 0.3 is 5.69 Å². The molecule has 8 nitrogen and oxygen atoms in total. The van der Waals surface area contributed by atoms with Gasteiger partial charge in [0.15, 0.2) is 5.00 Å². The lowest BCUT2D eigenvalue weighted by molar-refractivity contribution is 0.303. The maximum atomic E-state index is 11.9. The van der Waals surface area contributed by atoms with Gasteiger partial charge in [-0.25, -0.2) is 9.78 Å². The van der Waals surface area contributed by atoms with Gasteiger partial charge in [-0.15, -0.1) is 4.68 Å². The van der Waals surface area contributed by atoms with Gasteiger partial charge in [0.05, 0.1) is 7.06 Å². The van der Waals surface area contributed by atoms with Crippen molar-refractivity contribution < 1.29 is 6.11 Å². The summed E-state index contributed by atoms with van der Waals surface area (Å²) >= 11 is 2.41. The monoisotopic (exact) mass is 312 g/mol. The Labute approximate surface area is 122 Å². The molecule has 0 atom stereocenters. The average molecular weight is 312 g/mol. The first kappa shape index (κ1) is 11.7. The van der Waals surface area contributed by atoms with Crippen LogP contribution in [0.3, 0.4) is 0 Å². The molecule has 3 aromatic rings. The van der Waals surface area contributed by atoms with Gasteiger partial charge in [-0.2, -0.15) is 9.06 Å². The zero-order chi connectivity index (χ0) is 15.0. The lowest BCUT2D eigenvalue weighted by Crippen LogP contribution is -2.22. The quantitative estimate of drug-likeness (QED) is 0.707. The van der Waals surface area contributed by atoms with E-state index in [4.69, 9.17) is 6.11 Å². The third-order valence-electron chi connectivity index (χ3n) is 2.59. The van der Waals surface area contributed by atoms with E-state index in [1.807, 2.05) is 6.92 Å². The van der Waals surface area contributed by atoms with E-state index in [1.54, 1.807) is 5.38 Å². The van der Waals surface area contributed by atoms with E-state index in [9.17, 15) is 4.79 Å². The van der Waals surface area contributed by atoms with Crippen LogP contribution in [0.1, 0.15) is 12.6 Å². The van der Waals surface area contributed by atoms with Crippen LogP contribution in [0.25, 0.3) is 5.00 Å². The standard InChI is InChI=1S/C10H10N6O2S2/c1-6-7(5-18-9-11-3-4-19-9)8(20-12-6)16-10(17)15(2)13-14-16/h3-4H,5H2,1-2H3/i3T. The summed E-state index contributed by atoms with van der Waals surface area (Å²) < 4.78 is 19.5. The Morgan fingerprint density at radius 1 is 1.50 bits per heavy atom. The summed E-state index contributed by atoms with van der Waals surface area (Å²) in [6.07, 6.45) is 0.167. The molecule has 0 bridgehead atoms. The van der Waals surface area contributed by atoms with Crippen molar-refractivity contribution in [1.82, 2.24) is 29.1 Å². The molecule has 0 fully saturated rings. The van der Waals surface area contributed by atoms with E-state index < -0.39 is 0 Å². The highest BCUT2D eigenvalue weighted by atomic mass is 32.1. The summed E-state index contributed by atoms with van der Waals surface area (Å²) in [5.74, 6) is 0. The fourth-order valence-electron chi connectivity index (χ4n) is 1.53. The number of rotatable bonds is 4. The second-order valence-electron chi connectivity index (χ2n) is 3.88. The van der Waals surface area contributed by atoms with Gasteiger partial charge in [0.25, 0.3) is 5.19 Å². The number of ether oxygens (including phenoxy) is 1. The van der Waals surface area contributed by atoms with Gasteiger partial charge in [0, 0.05) is 24.2 Å². The molecular weight excluding hydrogens is 300 g/mol. The van der Waals surface area contributed by atoms with E-state index in [0.717, 1.165) is 27.5 Å². The molecule has 0 saturated carbocycles. The average Bonchev–Trinajstić information content (AvgIpc) is 3.11. The maximum absolute atomic E-state index is 11.9. The molecule has 3 rings (SSSR count). The lowest BCUT2D eigenvalue weighted by Gasteiger charge is -2.03. The van der Waals surface area contributed by atoms with Crippen molar-refractivity contribution in [3.8, 4) is 10.2 Å². The molecule has 0 aromatic carbocycles. The first-order chi connectivity index (χ1) is 10.1. The van der Waals surface area contributed by atoms with Crippen LogP contribution in [0.15, 0.2) is 16.3 Å². The van der Waals surface area contributed by atoms with Crippen molar-refractivity contribution >= 4 is 22.9 Å². The molecule has 0 saturated heterocycles. The molecule has 0 unspecified atom stereocenters. The molecule has 104 valence electrons. The van der Waals surface area contributed by atoms with Gasteiger partial charge < -0.3 is 4.74 Å². The zero-order valence-corrected chi connectivity index (χ0v) is 12.2. The van der Waals surface area contributed by atoms with Crippen molar-refractivity contribution in [1.29, 1.82) is 0 Å². The molecule has 10 heteroatoms. The zero-order valence-electron chi connectivity index (χ0n) is 11.6. The predicted octanol–water partition coefficient (Wildman–Crippen LogP) is 0.766. The van der Waals surface area contributed by atoms with Crippen LogP contribution >= 0.6 is 22.9 Å². The third kappa shape index (κ3) is 2.23. The van der Waals surface area contributed by atoms with Crippen LogP contribution in [0.4, 0.5) is 0 Å². The third-order valence-corrected chi connectivity index (χ3v) is 4.18. The van der Waals surface area contributed by atoms with E-state index in [1.165, 1.54) is 23.1 Å². The molecule has 0 aliphatic rings. The molecule has 3 aromatic heterocycles. The van der Waals surface area contributed by atoms with E-state index in [0.29, 0.717) is 10.2 Å². The molecule has 0 amide bonds. The van der Waals surface area contributed by atoms with Gasteiger partial charge in [-0.1, -0.05) is 11.3 Å². The summed E-state index contributed by atoms with van der Waals surface area (Å²) in [6.45, 7) is 2.03. The summed E-state index contributed by atoms with van der Waals surface area (Å²) in [6, 6.07) is 0. The second-order valence-corrected chi connectivity index (χ2v) is 5.45. The fraction of sp³-hybridized carbons (Fsp3) is 0.300. The molecular formula is C10H10N6O2S2. The van der Waals surface area contributed by atoms with Crippen molar-refractivity contribution in [2.24, 2.45) is 7.05 Å². The van der Waals surface area contributed by atoms with Crippen molar-refractivity contribution in [3.05, 3.63) is 33.3 Å². The minimum Gasteiger partial charge on any atom is -0.465 e. The lowest BCUT2D eigenvalue weighted by atomic mass is 10.3. The minimum absolute atomic E-state index is 0.167. The number of thiazole rings is 1. The number of aryl methyl sites for hydroxylation is 2. The van der Waals surface area contributed by atoms with Crippen LogP contribution in [-0.2, 0) is 13.7 Å². The Kier molecular flexibility index (Phi) is 3.01. The number of aromatic nitrogens is 6. The Hall–Kier alpha value is -2.07. The van der Waals surface area contributed by atoms with Crippen LogP contribution in [0, 0.1) is 6.92 Å². The molecule has 0 aliphatic heterocycles. The van der Waals surface area contributed by atoms with Gasteiger partial charge in [0.2, 0.25) is 0 Å². The normalized spacial score (nSPS) is 11.6. The highest BCUT2D eigenvalue weighted by Gasteiger charge is 2.17. The largest absolute Gasteiger partial charge is 0.465 e. The Morgan fingerprint density at radius 3 is 3.00 bits per heavy atom. The van der Waals surface area contributed by atoms with Gasteiger partial charge in [0.1, 0.15) is 6.61 Å². The first-order valence-electron chi connectivity index (χ1n) is 6.05. The minimum atomic E-state index is -0.345. The Morgan fingerprint density at radius 2 is 2.35 bits per heavy atom. The topological polar surface area (TPSA) is 87.7 Å².